The van der Waals surface area contributed by atoms with Crippen LogP contribution in [0.2, 0.25) is 0 Å². The van der Waals surface area contributed by atoms with Crippen molar-refractivity contribution in [2.45, 2.75) is 0 Å². The first kappa shape index (κ1) is 18.2. The van der Waals surface area contributed by atoms with E-state index in [1.807, 2.05) is 24.4 Å². The Kier molecular flexibility index (Phi) is 3.88. The Hall–Kier alpha value is -4.43. The van der Waals surface area contributed by atoms with Gasteiger partial charge in [-0.1, -0.05) is 91.0 Å². The number of nitrogens with zero attached hydrogens (tertiary/aromatic N) is 2. The van der Waals surface area contributed by atoms with Crippen LogP contribution >= 0.6 is 0 Å². The van der Waals surface area contributed by atoms with Crippen LogP contribution < -0.4 is 0 Å². The van der Waals surface area contributed by atoms with Gasteiger partial charge in [0.2, 0.25) is 0 Å². The van der Waals surface area contributed by atoms with E-state index in [1.165, 1.54) is 43.4 Å². The number of fused-ring (bicyclic) bond motifs is 7. The van der Waals surface area contributed by atoms with E-state index >= 15 is 0 Å². The second-order valence-corrected chi connectivity index (χ2v) is 8.52. The van der Waals surface area contributed by atoms with Crippen LogP contribution in [-0.4, -0.2) is 9.38 Å². The second-order valence-electron chi connectivity index (χ2n) is 8.52. The van der Waals surface area contributed by atoms with Crippen molar-refractivity contribution in [3.8, 4) is 22.4 Å². The third-order valence-corrected chi connectivity index (χ3v) is 6.62. The van der Waals surface area contributed by atoms with Gasteiger partial charge in [-0.2, -0.15) is 0 Å². The summed E-state index contributed by atoms with van der Waals surface area (Å²) in [7, 11) is 0. The van der Waals surface area contributed by atoms with Crippen LogP contribution in [0, 0.1) is 0 Å². The van der Waals surface area contributed by atoms with Gasteiger partial charge in [-0.15, -0.1) is 0 Å². The fraction of sp³-hybridized carbons (Fsp3) is 0. The molecule has 0 unspecified atom stereocenters. The van der Waals surface area contributed by atoms with Gasteiger partial charge in [0.1, 0.15) is 5.65 Å². The van der Waals surface area contributed by atoms with Gasteiger partial charge in [0, 0.05) is 18.0 Å². The molecule has 2 aromatic heterocycles. The van der Waals surface area contributed by atoms with E-state index in [0.29, 0.717) is 0 Å². The Morgan fingerprint density at radius 2 is 1.00 bits per heavy atom. The maximum Gasteiger partial charge on any atom is 0.137 e. The standard InChI is InChI=1S/C31H20N2/c1-2-9-26-24(7-1)25-8-3-4-10-27(25)29-19-23(16-17-28(26)29)21-12-14-22(15-13-21)30-20-33-18-6-5-11-31(33)32-30/h1-20H. The highest BCUT2D eigenvalue weighted by Gasteiger charge is 2.10. The van der Waals surface area contributed by atoms with Gasteiger partial charge in [0.25, 0.3) is 0 Å². The van der Waals surface area contributed by atoms with Gasteiger partial charge in [0.15, 0.2) is 0 Å². The predicted molar refractivity (Wildman–Crippen MR) is 139 cm³/mol. The van der Waals surface area contributed by atoms with Crippen LogP contribution in [0.15, 0.2) is 122 Å². The Bertz CT molecular complexity index is 1740. The first-order valence-electron chi connectivity index (χ1n) is 11.2. The largest absolute Gasteiger partial charge is 0.306 e. The lowest BCUT2D eigenvalue weighted by Gasteiger charge is -2.12. The molecule has 5 aromatic carbocycles. The zero-order valence-corrected chi connectivity index (χ0v) is 17.9. The van der Waals surface area contributed by atoms with Crippen molar-refractivity contribution in [2.75, 3.05) is 0 Å². The van der Waals surface area contributed by atoms with E-state index in [-0.39, 0.29) is 0 Å². The monoisotopic (exact) mass is 420 g/mol. The second kappa shape index (κ2) is 7.04. The average Bonchev–Trinajstić information content (AvgIpc) is 3.33. The minimum absolute atomic E-state index is 0.963. The zero-order chi connectivity index (χ0) is 21.8. The molecule has 0 N–H and O–H groups in total. The molecule has 0 fully saturated rings. The van der Waals surface area contributed by atoms with Crippen molar-refractivity contribution in [2.24, 2.45) is 0 Å². The molecule has 7 aromatic rings. The van der Waals surface area contributed by atoms with Gasteiger partial charge >= 0.3 is 0 Å². The summed E-state index contributed by atoms with van der Waals surface area (Å²) in [6, 6.07) is 39.1. The average molecular weight is 421 g/mol. The normalized spacial score (nSPS) is 11.6. The number of aromatic nitrogens is 2. The SMILES string of the molecule is c1ccc2c(c1)c1ccccc1c1cc(-c3ccc(-c4cn5ccccc5n4)cc3)ccc21. The molecule has 0 saturated carbocycles. The number of pyridine rings is 1. The molecule has 0 saturated heterocycles. The van der Waals surface area contributed by atoms with Crippen molar-refractivity contribution >= 4 is 38.0 Å². The van der Waals surface area contributed by atoms with E-state index in [2.05, 4.69) is 102 Å². The lowest BCUT2D eigenvalue weighted by molar-refractivity contribution is 1.19. The summed E-state index contributed by atoms with van der Waals surface area (Å²) in [5.41, 5.74) is 5.51. The Labute approximate surface area is 191 Å². The first-order chi connectivity index (χ1) is 16.3. The fourth-order valence-electron chi connectivity index (χ4n) is 4.99. The van der Waals surface area contributed by atoms with E-state index < -0.39 is 0 Å². The van der Waals surface area contributed by atoms with E-state index in [1.54, 1.807) is 0 Å². The highest BCUT2D eigenvalue weighted by molar-refractivity contribution is 6.25. The van der Waals surface area contributed by atoms with Crippen LogP contribution in [0.25, 0.3) is 60.3 Å². The third kappa shape index (κ3) is 2.85. The van der Waals surface area contributed by atoms with Gasteiger partial charge in [-0.25, -0.2) is 4.98 Å². The summed E-state index contributed by atoms with van der Waals surface area (Å²) in [5.74, 6) is 0. The lowest BCUT2D eigenvalue weighted by Crippen LogP contribution is -1.85. The summed E-state index contributed by atoms with van der Waals surface area (Å²) in [6.45, 7) is 0. The summed E-state index contributed by atoms with van der Waals surface area (Å²) >= 11 is 0. The molecule has 0 bridgehead atoms. The van der Waals surface area contributed by atoms with E-state index in [0.717, 1.165) is 16.9 Å². The van der Waals surface area contributed by atoms with Crippen molar-refractivity contribution < 1.29 is 0 Å². The molecular weight excluding hydrogens is 400 g/mol. The maximum atomic E-state index is 4.75. The summed E-state index contributed by atoms with van der Waals surface area (Å²) in [4.78, 5) is 4.75. The minimum Gasteiger partial charge on any atom is -0.306 e. The quantitative estimate of drug-likeness (QED) is 0.258. The van der Waals surface area contributed by atoms with E-state index in [9.17, 15) is 0 Å². The number of hydrogen-bond donors (Lipinski definition) is 0. The van der Waals surface area contributed by atoms with Crippen LogP contribution in [0.3, 0.4) is 0 Å². The van der Waals surface area contributed by atoms with E-state index in [4.69, 9.17) is 4.98 Å². The van der Waals surface area contributed by atoms with Crippen molar-refractivity contribution in [3.05, 3.63) is 122 Å². The Morgan fingerprint density at radius 1 is 0.455 bits per heavy atom. The van der Waals surface area contributed by atoms with Crippen LogP contribution in [0.4, 0.5) is 0 Å². The molecule has 154 valence electrons. The maximum absolute atomic E-state index is 4.75. The number of hydrogen-bond acceptors (Lipinski definition) is 1. The molecule has 0 aliphatic heterocycles. The smallest absolute Gasteiger partial charge is 0.137 e. The molecule has 0 atom stereocenters. The summed E-state index contributed by atoms with van der Waals surface area (Å²) < 4.78 is 2.06. The molecule has 2 heteroatoms. The highest BCUT2D eigenvalue weighted by Crippen LogP contribution is 2.37. The summed E-state index contributed by atoms with van der Waals surface area (Å²) in [6.07, 6.45) is 4.11. The highest BCUT2D eigenvalue weighted by atomic mass is 15.0. The van der Waals surface area contributed by atoms with Gasteiger partial charge in [-0.3, -0.25) is 0 Å². The number of rotatable bonds is 2. The van der Waals surface area contributed by atoms with Crippen LogP contribution in [0.1, 0.15) is 0 Å². The lowest BCUT2D eigenvalue weighted by atomic mass is 9.92. The number of benzene rings is 5. The molecule has 7 rings (SSSR count). The van der Waals surface area contributed by atoms with Gasteiger partial charge in [0.05, 0.1) is 5.69 Å². The molecule has 2 nitrogen and oxygen atoms in total. The van der Waals surface area contributed by atoms with Crippen molar-refractivity contribution in [1.82, 2.24) is 9.38 Å². The van der Waals surface area contributed by atoms with Crippen molar-refractivity contribution in [1.29, 1.82) is 0 Å². The molecule has 0 aliphatic rings. The topological polar surface area (TPSA) is 17.3 Å². The zero-order valence-electron chi connectivity index (χ0n) is 17.9. The van der Waals surface area contributed by atoms with Crippen LogP contribution in [0.5, 0.6) is 0 Å². The van der Waals surface area contributed by atoms with Gasteiger partial charge < -0.3 is 4.40 Å². The summed E-state index contributed by atoms with van der Waals surface area (Å²) in [5, 5.41) is 7.82. The molecule has 2 heterocycles. The van der Waals surface area contributed by atoms with Crippen molar-refractivity contribution in [3.63, 3.8) is 0 Å². The molecule has 0 aliphatic carbocycles. The van der Waals surface area contributed by atoms with Crippen LogP contribution in [-0.2, 0) is 0 Å². The molecule has 0 spiro atoms. The molecule has 0 radical (unpaired) electrons. The minimum atomic E-state index is 0.963. The third-order valence-electron chi connectivity index (χ3n) is 6.62. The molecular formula is C31H20N2. The van der Waals surface area contributed by atoms with Gasteiger partial charge in [-0.05, 0) is 61.6 Å². The Balaban J connectivity index is 1.37. The first-order valence-corrected chi connectivity index (χ1v) is 11.2. The Morgan fingerprint density at radius 3 is 1.67 bits per heavy atom. The molecule has 33 heavy (non-hydrogen) atoms. The molecule has 0 amide bonds. The number of imidazole rings is 1. The predicted octanol–water partition coefficient (Wildman–Crippen LogP) is 8.13. The fourth-order valence-corrected chi connectivity index (χ4v) is 4.99.